The third-order valence-corrected chi connectivity index (χ3v) is 7.97. The molecule has 6 aromatic carbocycles. The van der Waals surface area contributed by atoms with E-state index in [1.54, 1.807) is 0 Å². The summed E-state index contributed by atoms with van der Waals surface area (Å²) < 4.78 is 6.29. The van der Waals surface area contributed by atoms with Gasteiger partial charge in [-0.05, 0) is 41.0 Å². The van der Waals surface area contributed by atoms with Gasteiger partial charge in [-0.2, -0.15) is 0 Å². The summed E-state index contributed by atoms with van der Waals surface area (Å²) in [5, 5.41) is 0. The molecule has 0 spiro atoms. The molecule has 0 fully saturated rings. The largest absolute Gasteiger partial charge is 0.435 e. The predicted octanol–water partition coefficient (Wildman–Crippen LogP) is 10.6. The molecular weight excluding hydrogens is 550 g/mol. The van der Waals surface area contributed by atoms with Crippen LogP contribution in [-0.2, 0) is 0 Å². The average Bonchev–Trinajstić information content (AvgIpc) is 3.58. The molecule has 45 heavy (non-hydrogen) atoms. The molecule has 0 aliphatic carbocycles. The minimum absolute atomic E-state index is 0.619. The molecule has 2 heterocycles. The zero-order chi connectivity index (χ0) is 30.0. The molecule has 0 radical (unpaired) electrons. The lowest BCUT2D eigenvalue weighted by Crippen LogP contribution is -1.96. The van der Waals surface area contributed by atoms with Gasteiger partial charge in [-0.3, -0.25) is 0 Å². The van der Waals surface area contributed by atoms with E-state index in [0.29, 0.717) is 11.7 Å². The van der Waals surface area contributed by atoms with Gasteiger partial charge in [0.25, 0.3) is 0 Å². The maximum absolute atomic E-state index is 6.29. The minimum atomic E-state index is 0.619. The van der Waals surface area contributed by atoms with Gasteiger partial charge in [-0.1, -0.05) is 140 Å². The topological polar surface area (TPSA) is 51.8 Å². The van der Waals surface area contributed by atoms with Gasteiger partial charge in [0, 0.05) is 27.8 Å². The number of fused-ring (bicyclic) bond motifs is 1. The standard InChI is InChI=1S/C41H27N3O/c1-4-11-28(12-5-1)29-19-23-31(24-20-29)37-27-38(43-40(42-37)33-13-6-2-7-14-33)32-25-21-30(22-26-32)35-17-10-18-36-39(35)45-41(44-36)34-15-8-3-9-16-34/h1-27H. The fourth-order valence-electron chi connectivity index (χ4n) is 5.62. The summed E-state index contributed by atoms with van der Waals surface area (Å²) in [4.78, 5) is 14.8. The summed E-state index contributed by atoms with van der Waals surface area (Å²) in [6.07, 6.45) is 0. The number of oxazole rings is 1. The molecule has 0 aliphatic rings. The second kappa shape index (κ2) is 11.5. The quantitative estimate of drug-likeness (QED) is 0.197. The van der Waals surface area contributed by atoms with Crippen LogP contribution >= 0.6 is 0 Å². The van der Waals surface area contributed by atoms with Crippen molar-refractivity contribution in [2.45, 2.75) is 0 Å². The van der Waals surface area contributed by atoms with Crippen molar-refractivity contribution in [1.82, 2.24) is 15.0 Å². The molecule has 0 unspecified atom stereocenters. The number of benzene rings is 6. The Bertz CT molecular complexity index is 2220. The molecule has 212 valence electrons. The number of hydrogen-bond acceptors (Lipinski definition) is 4. The Kier molecular flexibility index (Phi) is 6.78. The highest BCUT2D eigenvalue weighted by Crippen LogP contribution is 2.34. The van der Waals surface area contributed by atoms with Crippen LogP contribution in [0.3, 0.4) is 0 Å². The smallest absolute Gasteiger partial charge is 0.227 e. The van der Waals surface area contributed by atoms with Gasteiger partial charge in [-0.15, -0.1) is 0 Å². The minimum Gasteiger partial charge on any atom is -0.435 e. The van der Waals surface area contributed by atoms with Crippen molar-refractivity contribution in [2.24, 2.45) is 0 Å². The van der Waals surface area contributed by atoms with Crippen molar-refractivity contribution in [2.75, 3.05) is 0 Å². The van der Waals surface area contributed by atoms with Crippen LogP contribution in [0.25, 0.3) is 78.7 Å². The van der Waals surface area contributed by atoms with E-state index in [1.807, 2.05) is 78.9 Å². The summed E-state index contributed by atoms with van der Waals surface area (Å²) >= 11 is 0. The van der Waals surface area contributed by atoms with Gasteiger partial charge in [0.2, 0.25) is 5.89 Å². The van der Waals surface area contributed by atoms with Crippen LogP contribution in [0.15, 0.2) is 168 Å². The fraction of sp³-hybridized carbons (Fsp3) is 0. The van der Waals surface area contributed by atoms with Crippen LogP contribution in [0.5, 0.6) is 0 Å². The Morgan fingerprint density at radius 2 is 0.844 bits per heavy atom. The highest BCUT2D eigenvalue weighted by Gasteiger charge is 2.14. The molecule has 0 bridgehead atoms. The monoisotopic (exact) mass is 577 g/mol. The first-order valence-electron chi connectivity index (χ1n) is 14.9. The molecular formula is C41H27N3O. The third-order valence-electron chi connectivity index (χ3n) is 7.97. The Balaban J connectivity index is 1.17. The van der Waals surface area contributed by atoms with Crippen LogP contribution in [-0.4, -0.2) is 15.0 Å². The average molecular weight is 578 g/mol. The van der Waals surface area contributed by atoms with Gasteiger partial charge in [0.05, 0.1) is 11.4 Å². The molecule has 0 atom stereocenters. The third kappa shape index (κ3) is 5.30. The second-order valence-electron chi connectivity index (χ2n) is 10.9. The summed E-state index contributed by atoms with van der Waals surface area (Å²) in [5.74, 6) is 1.31. The van der Waals surface area contributed by atoms with Gasteiger partial charge in [0.15, 0.2) is 11.4 Å². The van der Waals surface area contributed by atoms with Crippen LogP contribution in [0.4, 0.5) is 0 Å². The van der Waals surface area contributed by atoms with E-state index in [9.17, 15) is 0 Å². The summed E-state index contributed by atoms with van der Waals surface area (Å²) in [6, 6.07) is 55.7. The van der Waals surface area contributed by atoms with E-state index in [2.05, 4.69) is 84.9 Å². The van der Waals surface area contributed by atoms with Crippen molar-refractivity contribution in [3.63, 3.8) is 0 Å². The van der Waals surface area contributed by atoms with Crippen LogP contribution in [0, 0.1) is 0 Å². The van der Waals surface area contributed by atoms with Crippen LogP contribution in [0.2, 0.25) is 0 Å². The molecule has 0 amide bonds. The van der Waals surface area contributed by atoms with Gasteiger partial charge in [0.1, 0.15) is 5.52 Å². The normalized spacial score (nSPS) is 11.1. The van der Waals surface area contributed by atoms with Gasteiger partial charge >= 0.3 is 0 Å². The predicted molar refractivity (Wildman–Crippen MR) is 182 cm³/mol. The molecule has 0 aliphatic heterocycles. The Labute approximate surface area is 261 Å². The fourth-order valence-corrected chi connectivity index (χ4v) is 5.62. The highest BCUT2D eigenvalue weighted by molar-refractivity contribution is 5.92. The van der Waals surface area contributed by atoms with Crippen molar-refractivity contribution in [3.8, 4) is 67.6 Å². The first kappa shape index (κ1) is 26.5. The molecule has 2 aromatic heterocycles. The Morgan fingerprint density at radius 1 is 0.356 bits per heavy atom. The number of nitrogens with zero attached hydrogens (tertiary/aromatic N) is 3. The lowest BCUT2D eigenvalue weighted by molar-refractivity contribution is 0.621. The zero-order valence-corrected chi connectivity index (χ0v) is 24.3. The number of para-hydroxylation sites is 1. The summed E-state index contributed by atoms with van der Waals surface area (Å²) in [6.45, 7) is 0. The van der Waals surface area contributed by atoms with Crippen LogP contribution < -0.4 is 0 Å². The molecule has 0 saturated heterocycles. The number of rotatable bonds is 6. The molecule has 4 nitrogen and oxygen atoms in total. The van der Waals surface area contributed by atoms with Crippen molar-refractivity contribution >= 4 is 11.1 Å². The van der Waals surface area contributed by atoms with Crippen molar-refractivity contribution in [3.05, 3.63) is 164 Å². The number of aromatic nitrogens is 3. The van der Waals surface area contributed by atoms with E-state index in [4.69, 9.17) is 19.4 Å². The highest BCUT2D eigenvalue weighted by atomic mass is 16.3. The Morgan fingerprint density at radius 3 is 1.44 bits per heavy atom. The molecule has 0 saturated carbocycles. The first-order chi connectivity index (χ1) is 22.3. The lowest BCUT2D eigenvalue weighted by Gasteiger charge is -2.11. The summed E-state index contributed by atoms with van der Waals surface area (Å²) in [7, 11) is 0. The van der Waals surface area contributed by atoms with Crippen molar-refractivity contribution in [1.29, 1.82) is 0 Å². The van der Waals surface area contributed by atoms with E-state index < -0.39 is 0 Å². The zero-order valence-electron chi connectivity index (χ0n) is 24.3. The Hall–Kier alpha value is -6.13. The van der Waals surface area contributed by atoms with E-state index in [-0.39, 0.29) is 0 Å². The molecule has 0 N–H and O–H groups in total. The molecule has 8 aromatic rings. The molecule has 8 rings (SSSR count). The number of hydrogen-bond donors (Lipinski definition) is 0. The maximum atomic E-state index is 6.29. The first-order valence-corrected chi connectivity index (χ1v) is 14.9. The van der Waals surface area contributed by atoms with Gasteiger partial charge in [-0.25, -0.2) is 15.0 Å². The summed E-state index contributed by atoms with van der Waals surface area (Å²) in [5.41, 5.74) is 11.7. The maximum Gasteiger partial charge on any atom is 0.227 e. The van der Waals surface area contributed by atoms with Gasteiger partial charge < -0.3 is 4.42 Å². The van der Waals surface area contributed by atoms with E-state index in [0.717, 1.165) is 55.9 Å². The van der Waals surface area contributed by atoms with E-state index >= 15 is 0 Å². The van der Waals surface area contributed by atoms with Crippen LogP contribution in [0.1, 0.15) is 0 Å². The second-order valence-corrected chi connectivity index (χ2v) is 10.9. The lowest BCUT2D eigenvalue weighted by atomic mass is 10.00. The SMILES string of the molecule is c1ccc(-c2ccc(-c3cc(-c4ccc(-c5cccc6nc(-c7ccccc7)oc56)cc4)nc(-c4ccccc4)n3)cc2)cc1. The van der Waals surface area contributed by atoms with E-state index in [1.165, 1.54) is 11.1 Å². The van der Waals surface area contributed by atoms with Crippen molar-refractivity contribution < 1.29 is 4.42 Å². The molecule has 4 heteroatoms.